The summed E-state index contributed by atoms with van der Waals surface area (Å²) in [6, 6.07) is 0. The summed E-state index contributed by atoms with van der Waals surface area (Å²) in [5, 5.41) is 0. The summed E-state index contributed by atoms with van der Waals surface area (Å²) in [5.41, 5.74) is 0. The van der Waals surface area contributed by atoms with Crippen LogP contribution in [0.2, 0.25) is 0 Å². The summed E-state index contributed by atoms with van der Waals surface area (Å²) in [4.78, 5) is 11.3. The molecule has 2 heteroatoms. The molecule has 0 heterocycles. The first-order valence-electron chi connectivity index (χ1n) is 11.3. The van der Waals surface area contributed by atoms with E-state index in [4.69, 9.17) is 4.74 Å². The molecule has 0 aromatic rings. The molecule has 25 heavy (non-hydrogen) atoms. The lowest BCUT2D eigenvalue weighted by molar-refractivity contribution is -0.151. The number of carbonyl (C=O) groups is 1. The smallest absolute Gasteiger partial charge is 0.302 e. The number of hydrogen-bond donors (Lipinski definition) is 0. The highest BCUT2D eigenvalue weighted by atomic mass is 16.5. The molecular formula is C23H40O2. The van der Waals surface area contributed by atoms with Crippen LogP contribution in [0.3, 0.4) is 0 Å². The maximum atomic E-state index is 11.3. The molecule has 3 rings (SSSR count). The van der Waals surface area contributed by atoms with Crippen LogP contribution in [0.25, 0.3) is 0 Å². The van der Waals surface area contributed by atoms with Crippen molar-refractivity contribution in [2.75, 3.05) is 0 Å². The summed E-state index contributed by atoms with van der Waals surface area (Å²) in [6.07, 6.45) is 19.8. The summed E-state index contributed by atoms with van der Waals surface area (Å²) in [5.74, 6) is 4.73. The van der Waals surface area contributed by atoms with E-state index in [-0.39, 0.29) is 12.1 Å². The molecule has 0 N–H and O–H groups in total. The first kappa shape index (κ1) is 19.2. The van der Waals surface area contributed by atoms with E-state index in [1.807, 2.05) is 0 Å². The van der Waals surface area contributed by atoms with Gasteiger partial charge in [0.2, 0.25) is 0 Å². The normalized spacial score (nSPS) is 37.8. The predicted molar refractivity (Wildman–Crippen MR) is 103 cm³/mol. The van der Waals surface area contributed by atoms with Crippen LogP contribution in [0.5, 0.6) is 0 Å². The molecule has 0 bridgehead atoms. The van der Waals surface area contributed by atoms with Gasteiger partial charge >= 0.3 is 5.97 Å². The van der Waals surface area contributed by atoms with Gasteiger partial charge in [0.25, 0.3) is 0 Å². The molecule has 3 fully saturated rings. The number of fused-ring (bicyclic) bond motifs is 3. The fourth-order valence-corrected chi connectivity index (χ4v) is 6.49. The highest BCUT2D eigenvalue weighted by Gasteiger charge is 2.44. The van der Waals surface area contributed by atoms with E-state index in [0.29, 0.717) is 0 Å². The van der Waals surface area contributed by atoms with Crippen LogP contribution in [-0.2, 0) is 9.53 Å². The lowest BCUT2D eigenvalue weighted by atomic mass is 9.56. The SMILES string of the molecule is CCCCCCC[C@H]1CCC2C(CCC3C[C@@H](OC(C)=O)CCC32)C1. The van der Waals surface area contributed by atoms with Gasteiger partial charge in [0.15, 0.2) is 0 Å². The molecule has 6 atom stereocenters. The van der Waals surface area contributed by atoms with E-state index in [1.165, 1.54) is 77.0 Å². The molecule has 0 spiro atoms. The fraction of sp³-hybridized carbons (Fsp3) is 0.957. The third-order valence-electron chi connectivity index (χ3n) is 7.65. The van der Waals surface area contributed by atoms with Gasteiger partial charge in [-0.05, 0) is 74.5 Å². The van der Waals surface area contributed by atoms with Crippen LogP contribution in [0.1, 0.15) is 104 Å². The number of hydrogen-bond acceptors (Lipinski definition) is 2. The van der Waals surface area contributed by atoms with E-state index in [0.717, 1.165) is 42.4 Å². The molecule has 3 aliphatic carbocycles. The van der Waals surface area contributed by atoms with Crippen LogP contribution >= 0.6 is 0 Å². The van der Waals surface area contributed by atoms with Crippen molar-refractivity contribution in [3.63, 3.8) is 0 Å². The second-order valence-corrected chi connectivity index (χ2v) is 9.35. The molecule has 0 aliphatic heterocycles. The van der Waals surface area contributed by atoms with Gasteiger partial charge in [-0.2, -0.15) is 0 Å². The third-order valence-corrected chi connectivity index (χ3v) is 7.65. The molecule has 0 aromatic heterocycles. The van der Waals surface area contributed by atoms with Crippen molar-refractivity contribution in [2.24, 2.45) is 29.6 Å². The lowest BCUT2D eigenvalue weighted by Gasteiger charge is -2.50. The van der Waals surface area contributed by atoms with Crippen LogP contribution in [0.15, 0.2) is 0 Å². The summed E-state index contributed by atoms with van der Waals surface area (Å²) < 4.78 is 5.53. The van der Waals surface area contributed by atoms with Gasteiger partial charge in [-0.25, -0.2) is 0 Å². The Hall–Kier alpha value is -0.530. The molecule has 0 amide bonds. The zero-order valence-electron chi connectivity index (χ0n) is 16.7. The lowest BCUT2D eigenvalue weighted by Crippen LogP contribution is -2.43. The van der Waals surface area contributed by atoms with Gasteiger partial charge in [0.1, 0.15) is 6.10 Å². The molecule has 4 unspecified atom stereocenters. The number of rotatable bonds is 7. The summed E-state index contributed by atoms with van der Waals surface area (Å²) >= 11 is 0. The maximum Gasteiger partial charge on any atom is 0.302 e. The van der Waals surface area contributed by atoms with E-state index in [9.17, 15) is 4.79 Å². The van der Waals surface area contributed by atoms with Crippen molar-refractivity contribution < 1.29 is 9.53 Å². The van der Waals surface area contributed by atoms with E-state index >= 15 is 0 Å². The molecular weight excluding hydrogens is 308 g/mol. The molecule has 144 valence electrons. The Kier molecular flexibility index (Phi) is 7.25. The van der Waals surface area contributed by atoms with Gasteiger partial charge in [0.05, 0.1) is 0 Å². The van der Waals surface area contributed by atoms with E-state index in [2.05, 4.69) is 6.92 Å². The van der Waals surface area contributed by atoms with Crippen molar-refractivity contribution in [1.82, 2.24) is 0 Å². The zero-order chi connectivity index (χ0) is 17.6. The largest absolute Gasteiger partial charge is 0.463 e. The van der Waals surface area contributed by atoms with Gasteiger partial charge in [-0.15, -0.1) is 0 Å². The Bertz CT molecular complexity index is 418. The average molecular weight is 349 g/mol. The third kappa shape index (κ3) is 5.23. The first-order valence-corrected chi connectivity index (χ1v) is 11.3. The van der Waals surface area contributed by atoms with Gasteiger partial charge in [-0.3, -0.25) is 4.79 Å². The second kappa shape index (κ2) is 9.42. The van der Waals surface area contributed by atoms with Crippen LogP contribution in [0.4, 0.5) is 0 Å². The van der Waals surface area contributed by atoms with Crippen LogP contribution in [0, 0.1) is 29.6 Å². The summed E-state index contributed by atoms with van der Waals surface area (Å²) in [6.45, 7) is 3.86. The number of unbranched alkanes of at least 4 members (excludes halogenated alkanes) is 4. The number of carbonyl (C=O) groups excluding carboxylic acids is 1. The fourth-order valence-electron chi connectivity index (χ4n) is 6.49. The molecule has 0 saturated heterocycles. The van der Waals surface area contributed by atoms with Crippen LogP contribution in [-0.4, -0.2) is 12.1 Å². The quantitative estimate of drug-likeness (QED) is 0.386. The summed E-state index contributed by atoms with van der Waals surface area (Å²) in [7, 11) is 0. The Morgan fingerprint density at radius 1 is 0.840 bits per heavy atom. The first-order chi connectivity index (χ1) is 12.2. The van der Waals surface area contributed by atoms with Gasteiger partial charge in [0, 0.05) is 6.92 Å². The topological polar surface area (TPSA) is 26.3 Å². The Morgan fingerprint density at radius 2 is 1.52 bits per heavy atom. The Labute approximate surface area is 155 Å². The highest BCUT2D eigenvalue weighted by molar-refractivity contribution is 5.66. The minimum absolute atomic E-state index is 0.0865. The zero-order valence-corrected chi connectivity index (χ0v) is 16.7. The van der Waals surface area contributed by atoms with Gasteiger partial charge < -0.3 is 4.74 Å². The minimum Gasteiger partial charge on any atom is -0.463 e. The van der Waals surface area contributed by atoms with Crippen molar-refractivity contribution in [3.8, 4) is 0 Å². The van der Waals surface area contributed by atoms with Crippen molar-refractivity contribution >= 4 is 5.97 Å². The number of ether oxygens (including phenoxy) is 1. The van der Waals surface area contributed by atoms with Gasteiger partial charge in [-0.1, -0.05) is 51.9 Å². The molecule has 3 aliphatic rings. The highest BCUT2D eigenvalue weighted by Crippen LogP contribution is 2.53. The van der Waals surface area contributed by atoms with Crippen molar-refractivity contribution in [3.05, 3.63) is 0 Å². The van der Waals surface area contributed by atoms with Crippen LogP contribution < -0.4 is 0 Å². The molecule has 3 saturated carbocycles. The van der Waals surface area contributed by atoms with E-state index in [1.54, 1.807) is 6.92 Å². The minimum atomic E-state index is -0.0865. The second-order valence-electron chi connectivity index (χ2n) is 9.35. The van der Waals surface area contributed by atoms with E-state index < -0.39 is 0 Å². The average Bonchev–Trinajstić information content (AvgIpc) is 2.60. The van der Waals surface area contributed by atoms with Crippen molar-refractivity contribution in [1.29, 1.82) is 0 Å². The number of esters is 1. The predicted octanol–water partition coefficient (Wildman–Crippen LogP) is 6.52. The van der Waals surface area contributed by atoms with Crippen molar-refractivity contribution in [2.45, 2.75) is 110 Å². The maximum absolute atomic E-state index is 11.3. The Morgan fingerprint density at radius 3 is 2.24 bits per heavy atom. The molecule has 0 aromatic carbocycles. The standard InChI is InChI=1S/C23H40O2/c1-3-4-5-6-7-8-18-9-13-22-19(15-18)10-11-20-16-21(25-17(2)24)12-14-23(20)22/h18-23H,3-16H2,1-2H3/t18-,19?,20?,21-,22?,23?/m0/s1. The monoisotopic (exact) mass is 348 g/mol. The Balaban J connectivity index is 1.43. The molecule has 0 radical (unpaired) electrons. The molecule has 2 nitrogen and oxygen atoms in total.